The number of ether oxygens (including phenoxy) is 1. The summed E-state index contributed by atoms with van der Waals surface area (Å²) in [5.41, 5.74) is 2.64. The van der Waals surface area contributed by atoms with Crippen LogP contribution in [-0.4, -0.2) is 6.10 Å². The van der Waals surface area contributed by atoms with E-state index in [9.17, 15) is 0 Å². The van der Waals surface area contributed by atoms with Crippen molar-refractivity contribution in [2.45, 2.75) is 51.8 Å². The van der Waals surface area contributed by atoms with Crippen LogP contribution in [0.2, 0.25) is 0 Å². The molecule has 0 atom stereocenters. The number of hydrogen-bond acceptors (Lipinski definition) is 3. The summed E-state index contributed by atoms with van der Waals surface area (Å²) in [5.74, 6) is 1.06. The molecule has 1 aromatic carbocycles. The molecule has 0 aliphatic heterocycles. The van der Waals surface area contributed by atoms with E-state index in [4.69, 9.17) is 4.74 Å². The van der Waals surface area contributed by atoms with Crippen LogP contribution < -0.4 is 10.1 Å². The molecule has 2 aromatic rings. The van der Waals surface area contributed by atoms with Crippen molar-refractivity contribution in [3.8, 4) is 5.75 Å². The van der Waals surface area contributed by atoms with E-state index in [1.165, 1.54) is 41.7 Å². The number of nitrogens with one attached hydrogen (secondary N) is 1. The van der Waals surface area contributed by atoms with Crippen molar-refractivity contribution in [1.82, 2.24) is 5.32 Å². The van der Waals surface area contributed by atoms with Crippen molar-refractivity contribution in [2.75, 3.05) is 0 Å². The molecule has 2 nitrogen and oxygen atoms in total. The highest BCUT2D eigenvalue weighted by Gasteiger charge is 2.17. The summed E-state index contributed by atoms with van der Waals surface area (Å²) in [6.45, 7) is 3.96. The molecule has 0 amide bonds. The largest absolute Gasteiger partial charge is 0.490 e. The quantitative estimate of drug-likeness (QED) is 0.837. The van der Waals surface area contributed by atoms with E-state index < -0.39 is 0 Å². The zero-order valence-electron chi connectivity index (χ0n) is 12.6. The van der Waals surface area contributed by atoms with Gasteiger partial charge in [0.25, 0.3) is 0 Å². The Morgan fingerprint density at radius 1 is 1.14 bits per heavy atom. The lowest BCUT2D eigenvalue weighted by Crippen LogP contribution is -2.16. The van der Waals surface area contributed by atoms with Gasteiger partial charge in [-0.3, -0.25) is 0 Å². The Hall–Kier alpha value is -1.32. The number of para-hydroxylation sites is 1. The second kappa shape index (κ2) is 7.10. The second-order valence-corrected chi connectivity index (χ2v) is 6.76. The fraction of sp³-hybridized carbons (Fsp3) is 0.444. The maximum Gasteiger partial charge on any atom is 0.124 e. The van der Waals surface area contributed by atoms with Gasteiger partial charge in [0.1, 0.15) is 5.75 Å². The van der Waals surface area contributed by atoms with Crippen molar-refractivity contribution < 1.29 is 4.74 Å². The van der Waals surface area contributed by atoms with E-state index in [1.807, 2.05) is 11.3 Å². The molecule has 0 bridgehead atoms. The Labute approximate surface area is 131 Å². The van der Waals surface area contributed by atoms with Crippen molar-refractivity contribution in [3.63, 3.8) is 0 Å². The topological polar surface area (TPSA) is 21.3 Å². The van der Waals surface area contributed by atoms with Gasteiger partial charge in [-0.1, -0.05) is 18.2 Å². The summed E-state index contributed by atoms with van der Waals surface area (Å²) < 4.78 is 6.18. The minimum atomic E-state index is 0.422. The number of thiophene rings is 1. The monoisotopic (exact) mass is 301 g/mol. The normalized spacial score (nSPS) is 15.5. The van der Waals surface area contributed by atoms with Gasteiger partial charge in [0.15, 0.2) is 0 Å². The van der Waals surface area contributed by atoms with Crippen LogP contribution in [0.1, 0.15) is 41.7 Å². The summed E-state index contributed by atoms with van der Waals surface area (Å²) >= 11 is 1.82. The molecule has 1 saturated carbocycles. The molecule has 1 aliphatic carbocycles. The first kappa shape index (κ1) is 14.6. The van der Waals surface area contributed by atoms with Crippen LogP contribution in [0.3, 0.4) is 0 Å². The summed E-state index contributed by atoms with van der Waals surface area (Å²) in [6, 6.07) is 10.6. The minimum Gasteiger partial charge on any atom is -0.490 e. The van der Waals surface area contributed by atoms with Crippen LogP contribution in [0, 0.1) is 6.92 Å². The zero-order valence-corrected chi connectivity index (χ0v) is 13.4. The van der Waals surface area contributed by atoms with Crippen molar-refractivity contribution in [1.29, 1.82) is 0 Å². The van der Waals surface area contributed by atoms with Gasteiger partial charge in [-0.25, -0.2) is 0 Å². The SMILES string of the molecule is Cc1ccsc1CNCc1ccccc1OC1CCCC1. The lowest BCUT2D eigenvalue weighted by molar-refractivity contribution is 0.207. The van der Waals surface area contributed by atoms with Crippen LogP contribution in [0.25, 0.3) is 0 Å². The lowest BCUT2D eigenvalue weighted by Gasteiger charge is -2.16. The third-order valence-corrected chi connectivity index (χ3v) is 5.16. The van der Waals surface area contributed by atoms with Crippen LogP contribution in [0.4, 0.5) is 0 Å². The molecule has 0 unspecified atom stereocenters. The predicted octanol–water partition coefficient (Wildman–Crippen LogP) is 4.67. The minimum absolute atomic E-state index is 0.422. The van der Waals surface area contributed by atoms with Crippen LogP contribution in [-0.2, 0) is 13.1 Å². The molecule has 1 fully saturated rings. The summed E-state index contributed by atoms with van der Waals surface area (Å²) in [7, 11) is 0. The number of aryl methyl sites for hydroxylation is 1. The highest BCUT2D eigenvalue weighted by Crippen LogP contribution is 2.26. The first-order chi connectivity index (χ1) is 10.3. The highest BCUT2D eigenvalue weighted by atomic mass is 32.1. The van der Waals surface area contributed by atoms with Gasteiger partial charge in [-0.2, -0.15) is 0 Å². The van der Waals surface area contributed by atoms with Gasteiger partial charge in [-0.05, 0) is 55.7 Å². The maximum atomic E-state index is 6.18. The van der Waals surface area contributed by atoms with Gasteiger partial charge in [-0.15, -0.1) is 11.3 Å². The third kappa shape index (κ3) is 3.86. The Morgan fingerprint density at radius 2 is 1.95 bits per heavy atom. The molecule has 112 valence electrons. The fourth-order valence-electron chi connectivity index (χ4n) is 2.85. The van der Waals surface area contributed by atoms with Gasteiger partial charge in [0, 0.05) is 23.5 Å². The highest BCUT2D eigenvalue weighted by molar-refractivity contribution is 7.10. The lowest BCUT2D eigenvalue weighted by atomic mass is 10.2. The molecule has 1 N–H and O–H groups in total. The molecule has 3 heteroatoms. The van der Waals surface area contributed by atoms with Gasteiger partial charge in [0.05, 0.1) is 6.10 Å². The molecule has 0 saturated heterocycles. The molecule has 1 heterocycles. The average molecular weight is 301 g/mol. The molecule has 1 aliphatic rings. The van der Waals surface area contributed by atoms with Crippen molar-refractivity contribution >= 4 is 11.3 Å². The Bertz CT molecular complexity index is 572. The Morgan fingerprint density at radius 3 is 2.71 bits per heavy atom. The maximum absolute atomic E-state index is 6.18. The Balaban J connectivity index is 1.58. The van der Waals surface area contributed by atoms with E-state index in [0.29, 0.717) is 6.10 Å². The number of benzene rings is 1. The van der Waals surface area contributed by atoms with Crippen molar-refractivity contribution in [3.05, 3.63) is 51.7 Å². The summed E-state index contributed by atoms with van der Waals surface area (Å²) in [6.07, 6.45) is 5.45. The smallest absolute Gasteiger partial charge is 0.124 e. The van der Waals surface area contributed by atoms with E-state index >= 15 is 0 Å². The molecular formula is C18H23NOS. The predicted molar refractivity (Wildman–Crippen MR) is 88.9 cm³/mol. The van der Waals surface area contributed by atoms with E-state index in [1.54, 1.807) is 0 Å². The van der Waals surface area contributed by atoms with Gasteiger partial charge in [0.2, 0.25) is 0 Å². The second-order valence-electron chi connectivity index (χ2n) is 5.76. The number of rotatable bonds is 6. The van der Waals surface area contributed by atoms with Crippen molar-refractivity contribution in [2.24, 2.45) is 0 Å². The molecule has 0 spiro atoms. The first-order valence-electron chi connectivity index (χ1n) is 7.81. The van der Waals surface area contributed by atoms with Gasteiger partial charge >= 0.3 is 0 Å². The number of hydrogen-bond donors (Lipinski definition) is 1. The molecule has 3 rings (SSSR count). The van der Waals surface area contributed by atoms with E-state index in [-0.39, 0.29) is 0 Å². The molecule has 21 heavy (non-hydrogen) atoms. The summed E-state index contributed by atoms with van der Waals surface area (Å²) in [5, 5.41) is 5.70. The third-order valence-electron chi connectivity index (χ3n) is 4.14. The van der Waals surface area contributed by atoms with Crippen LogP contribution in [0.15, 0.2) is 35.7 Å². The van der Waals surface area contributed by atoms with Crippen LogP contribution >= 0.6 is 11.3 Å². The van der Waals surface area contributed by atoms with Gasteiger partial charge < -0.3 is 10.1 Å². The fourth-order valence-corrected chi connectivity index (χ4v) is 3.72. The Kier molecular flexibility index (Phi) is 4.94. The van der Waals surface area contributed by atoms with E-state index in [0.717, 1.165) is 18.8 Å². The standard InChI is InChI=1S/C18H23NOS/c1-14-10-11-21-18(14)13-19-12-15-6-2-5-9-17(15)20-16-7-3-4-8-16/h2,5-6,9-11,16,19H,3-4,7-8,12-13H2,1H3. The average Bonchev–Trinajstić information content (AvgIpc) is 3.13. The first-order valence-corrected chi connectivity index (χ1v) is 8.69. The van der Waals surface area contributed by atoms with Crippen LogP contribution in [0.5, 0.6) is 5.75 Å². The zero-order chi connectivity index (χ0) is 14.5. The molecule has 1 aromatic heterocycles. The summed E-state index contributed by atoms with van der Waals surface area (Å²) in [4.78, 5) is 1.42. The molecule has 0 radical (unpaired) electrons. The molecular weight excluding hydrogens is 278 g/mol. The van der Waals surface area contributed by atoms with E-state index in [2.05, 4.69) is 48.0 Å².